The smallest absolute Gasteiger partial charge is 0.242 e. The molecule has 1 amide bonds. The normalized spacial score (nSPS) is 10.5. The van der Waals surface area contributed by atoms with E-state index in [0.717, 1.165) is 5.56 Å². The third-order valence-electron chi connectivity index (χ3n) is 3.50. The summed E-state index contributed by atoms with van der Waals surface area (Å²) < 4.78 is 19.8. The van der Waals surface area contributed by atoms with E-state index >= 15 is 0 Å². The average Bonchev–Trinajstić information content (AvgIpc) is 3.07. The van der Waals surface area contributed by atoms with E-state index in [1.54, 1.807) is 36.4 Å². The van der Waals surface area contributed by atoms with Crippen LogP contribution in [0.3, 0.4) is 0 Å². The van der Waals surface area contributed by atoms with Gasteiger partial charge in [-0.2, -0.15) is 0 Å². The van der Waals surface area contributed by atoms with Crippen LogP contribution in [0.5, 0.6) is 5.75 Å². The van der Waals surface area contributed by atoms with Crippen molar-refractivity contribution in [2.24, 2.45) is 0 Å². The number of nitrogens with one attached hydrogen (secondary N) is 1. The zero-order valence-corrected chi connectivity index (χ0v) is 14.4. The maximum atomic E-state index is 12.9. The number of tetrazole rings is 1. The molecule has 9 heteroatoms. The second-order valence-electron chi connectivity index (χ2n) is 5.38. The van der Waals surface area contributed by atoms with Gasteiger partial charge >= 0.3 is 0 Å². The molecule has 0 spiro atoms. The lowest BCUT2D eigenvalue weighted by molar-refractivity contribution is -0.122. The maximum Gasteiger partial charge on any atom is 0.242 e. The van der Waals surface area contributed by atoms with Crippen molar-refractivity contribution in [3.05, 3.63) is 70.8 Å². The monoisotopic (exact) mass is 375 g/mol. The molecule has 26 heavy (non-hydrogen) atoms. The highest BCUT2D eigenvalue weighted by molar-refractivity contribution is 6.32. The Bertz CT molecular complexity index is 885. The Morgan fingerprint density at radius 1 is 1.19 bits per heavy atom. The molecule has 0 saturated heterocycles. The molecule has 2 aromatic carbocycles. The summed E-state index contributed by atoms with van der Waals surface area (Å²) in [6.07, 6.45) is 0. The number of aromatic nitrogens is 4. The van der Waals surface area contributed by atoms with Crippen LogP contribution in [0.1, 0.15) is 11.4 Å². The van der Waals surface area contributed by atoms with E-state index in [9.17, 15) is 9.18 Å². The number of rotatable bonds is 7. The third kappa shape index (κ3) is 4.76. The van der Waals surface area contributed by atoms with Crippen molar-refractivity contribution >= 4 is 17.5 Å². The first-order chi connectivity index (χ1) is 12.6. The fraction of sp³-hybridized carbons (Fsp3) is 0.176. The van der Waals surface area contributed by atoms with E-state index in [1.165, 1.54) is 16.8 Å². The minimum absolute atomic E-state index is 0.0601. The molecule has 0 aliphatic heterocycles. The van der Waals surface area contributed by atoms with Crippen molar-refractivity contribution in [1.29, 1.82) is 0 Å². The number of nitrogens with zero attached hydrogens (tertiary/aromatic N) is 4. The van der Waals surface area contributed by atoms with Gasteiger partial charge in [-0.15, -0.1) is 5.10 Å². The second-order valence-corrected chi connectivity index (χ2v) is 5.78. The van der Waals surface area contributed by atoms with Gasteiger partial charge in [-0.25, -0.2) is 9.07 Å². The van der Waals surface area contributed by atoms with Crippen molar-refractivity contribution in [3.63, 3.8) is 0 Å². The van der Waals surface area contributed by atoms with E-state index in [4.69, 9.17) is 16.3 Å². The molecule has 3 rings (SSSR count). The molecule has 0 aliphatic rings. The van der Waals surface area contributed by atoms with Gasteiger partial charge in [0.1, 0.15) is 24.7 Å². The number of carbonyl (C=O) groups excluding carboxylic acids is 1. The number of amides is 1. The number of hydrogen-bond acceptors (Lipinski definition) is 5. The van der Waals surface area contributed by atoms with Gasteiger partial charge in [-0.3, -0.25) is 4.79 Å². The predicted molar refractivity (Wildman–Crippen MR) is 91.8 cm³/mol. The van der Waals surface area contributed by atoms with Crippen LogP contribution >= 0.6 is 11.6 Å². The molecule has 3 aromatic rings. The van der Waals surface area contributed by atoms with Crippen LogP contribution < -0.4 is 10.1 Å². The van der Waals surface area contributed by atoms with Crippen LogP contribution in [-0.2, 0) is 24.5 Å². The van der Waals surface area contributed by atoms with E-state index in [-0.39, 0.29) is 31.4 Å². The SMILES string of the molecule is O=C(Cn1nnnc1COc1ccccc1Cl)NCc1ccc(F)cc1. The molecule has 1 N–H and O–H groups in total. The van der Waals surface area contributed by atoms with Crippen molar-refractivity contribution in [2.45, 2.75) is 19.7 Å². The second kappa shape index (κ2) is 8.39. The van der Waals surface area contributed by atoms with E-state index < -0.39 is 0 Å². The van der Waals surface area contributed by atoms with Gasteiger partial charge in [0.05, 0.1) is 5.02 Å². The Morgan fingerprint density at radius 3 is 2.73 bits per heavy atom. The summed E-state index contributed by atoms with van der Waals surface area (Å²) in [7, 11) is 0. The first kappa shape index (κ1) is 17.8. The summed E-state index contributed by atoms with van der Waals surface area (Å²) in [6, 6.07) is 12.9. The zero-order valence-electron chi connectivity index (χ0n) is 13.6. The Morgan fingerprint density at radius 2 is 1.96 bits per heavy atom. The molecule has 0 bridgehead atoms. The Hall–Kier alpha value is -3.00. The predicted octanol–water partition coefficient (Wildman–Crippen LogP) is 2.36. The van der Waals surface area contributed by atoms with Gasteiger partial charge < -0.3 is 10.1 Å². The number of ether oxygens (including phenoxy) is 1. The highest BCUT2D eigenvalue weighted by Gasteiger charge is 2.12. The summed E-state index contributed by atoms with van der Waals surface area (Å²) in [6.45, 7) is 0.296. The molecule has 7 nitrogen and oxygen atoms in total. The van der Waals surface area contributed by atoms with Crippen molar-refractivity contribution in [3.8, 4) is 5.75 Å². The van der Waals surface area contributed by atoms with E-state index in [2.05, 4.69) is 20.8 Å². The quantitative estimate of drug-likeness (QED) is 0.685. The summed E-state index contributed by atoms with van der Waals surface area (Å²) >= 11 is 6.03. The van der Waals surface area contributed by atoms with Gasteiger partial charge in [0.2, 0.25) is 5.91 Å². The molecule has 1 heterocycles. The average molecular weight is 376 g/mol. The first-order valence-corrected chi connectivity index (χ1v) is 8.13. The summed E-state index contributed by atoms with van der Waals surface area (Å²) in [4.78, 5) is 12.1. The van der Waals surface area contributed by atoms with Crippen LogP contribution in [0.4, 0.5) is 4.39 Å². The van der Waals surface area contributed by atoms with Crippen LogP contribution in [0, 0.1) is 5.82 Å². The van der Waals surface area contributed by atoms with Crippen LogP contribution in [0.25, 0.3) is 0 Å². The lowest BCUT2D eigenvalue weighted by Crippen LogP contribution is -2.28. The molecule has 0 aliphatic carbocycles. The Labute approximate surface area is 153 Å². The molecule has 0 fully saturated rings. The maximum absolute atomic E-state index is 12.9. The van der Waals surface area contributed by atoms with Gasteiger partial charge in [0.25, 0.3) is 0 Å². The molecular formula is C17H15ClFN5O2. The molecule has 0 saturated carbocycles. The highest BCUT2D eigenvalue weighted by Crippen LogP contribution is 2.23. The lowest BCUT2D eigenvalue weighted by atomic mass is 10.2. The molecule has 1 aromatic heterocycles. The summed E-state index contributed by atoms with van der Waals surface area (Å²) in [5, 5.41) is 14.4. The van der Waals surface area contributed by atoms with E-state index in [1.807, 2.05) is 0 Å². The Balaban J connectivity index is 1.53. The minimum atomic E-state index is -0.322. The molecule has 0 atom stereocenters. The molecule has 0 unspecified atom stereocenters. The standard InChI is InChI=1S/C17H15ClFN5O2/c18-14-3-1-2-4-15(14)26-11-16-21-22-23-24(16)10-17(25)20-9-12-5-7-13(19)8-6-12/h1-8H,9-11H2,(H,20,25). The number of para-hydroxylation sites is 1. The third-order valence-corrected chi connectivity index (χ3v) is 3.81. The molecular weight excluding hydrogens is 361 g/mol. The Kier molecular flexibility index (Phi) is 5.75. The fourth-order valence-electron chi connectivity index (χ4n) is 2.15. The van der Waals surface area contributed by atoms with Crippen molar-refractivity contribution < 1.29 is 13.9 Å². The number of carbonyl (C=O) groups is 1. The van der Waals surface area contributed by atoms with Gasteiger partial charge in [-0.05, 0) is 40.3 Å². The topological polar surface area (TPSA) is 81.9 Å². The number of benzene rings is 2. The summed E-state index contributed by atoms with van der Waals surface area (Å²) in [5.41, 5.74) is 0.791. The molecule has 0 radical (unpaired) electrons. The first-order valence-electron chi connectivity index (χ1n) is 7.75. The largest absolute Gasteiger partial charge is 0.484 e. The van der Waals surface area contributed by atoms with Crippen LogP contribution in [0.15, 0.2) is 48.5 Å². The van der Waals surface area contributed by atoms with Gasteiger partial charge in [0.15, 0.2) is 5.82 Å². The highest BCUT2D eigenvalue weighted by atomic mass is 35.5. The van der Waals surface area contributed by atoms with Gasteiger partial charge in [0, 0.05) is 6.54 Å². The summed E-state index contributed by atoms with van der Waals surface area (Å²) in [5.74, 6) is 0.295. The number of hydrogen-bond donors (Lipinski definition) is 1. The van der Waals surface area contributed by atoms with Crippen LogP contribution in [0.2, 0.25) is 5.02 Å². The number of halogens is 2. The minimum Gasteiger partial charge on any atom is -0.484 e. The van der Waals surface area contributed by atoms with Crippen molar-refractivity contribution in [2.75, 3.05) is 0 Å². The van der Waals surface area contributed by atoms with Crippen LogP contribution in [-0.4, -0.2) is 26.1 Å². The lowest BCUT2D eigenvalue weighted by Gasteiger charge is -2.09. The van der Waals surface area contributed by atoms with Crippen molar-refractivity contribution in [1.82, 2.24) is 25.5 Å². The zero-order chi connectivity index (χ0) is 18.4. The fourth-order valence-corrected chi connectivity index (χ4v) is 2.34. The van der Waals surface area contributed by atoms with E-state index in [0.29, 0.717) is 16.6 Å². The van der Waals surface area contributed by atoms with Gasteiger partial charge in [-0.1, -0.05) is 35.9 Å². The molecule has 134 valence electrons.